The van der Waals surface area contributed by atoms with Gasteiger partial charge in [0.2, 0.25) is 0 Å². The Kier molecular flexibility index (Phi) is 6.63. The molecule has 0 bridgehead atoms. The maximum Gasteiger partial charge on any atom is 0.255 e. The Morgan fingerprint density at radius 1 is 0.862 bits per heavy atom. The SMILES string of the molecule is COc1ccc(CCNC(=O)c2ccc(C(=O)Nc3cccc(C)c3)cc2)cc1. The van der Waals surface area contributed by atoms with E-state index in [1.54, 1.807) is 31.4 Å². The van der Waals surface area contributed by atoms with Crippen LogP contribution in [0.2, 0.25) is 0 Å². The monoisotopic (exact) mass is 388 g/mol. The average Bonchev–Trinajstić information content (AvgIpc) is 2.74. The number of aryl methyl sites for hydroxylation is 1. The van der Waals surface area contributed by atoms with E-state index in [0.717, 1.165) is 29.0 Å². The number of carbonyl (C=O) groups is 2. The van der Waals surface area contributed by atoms with Crippen molar-refractivity contribution < 1.29 is 14.3 Å². The maximum absolute atomic E-state index is 12.4. The number of carbonyl (C=O) groups excluding carboxylic acids is 2. The van der Waals surface area contributed by atoms with E-state index in [9.17, 15) is 9.59 Å². The maximum atomic E-state index is 12.4. The molecule has 3 aromatic carbocycles. The van der Waals surface area contributed by atoms with Gasteiger partial charge in [-0.2, -0.15) is 0 Å². The third kappa shape index (κ3) is 5.69. The number of benzene rings is 3. The van der Waals surface area contributed by atoms with Gasteiger partial charge in [-0.15, -0.1) is 0 Å². The number of methoxy groups -OCH3 is 1. The molecule has 2 amide bonds. The first-order chi connectivity index (χ1) is 14.0. The van der Waals surface area contributed by atoms with Crippen molar-refractivity contribution in [1.29, 1.82) is 0 Å². The molecule has 148 valence electrons. The van der Waals surface area contributed by atoms with Crippen LogP contribution >= 0.6 is 0 Å². The summed E-state index contributed by atoms with van der Waals surface area (Å²) in [6.45, 7) is 2.50. The van der Waals surface area contributed by atoms with Gasteiger partial charge in [0, 0.05) is 23.4 Å². The predicted octanol–water partition coefficient (Wildman–Crippen LogP) is 4.23. The van der Waals surface area contributed by atoms with Crippen LogP contribution in [0.15, 0.2) is 72.8 Å². The fourth-order valence-electron chi connectivity index (χ4n) is 2.91. The molecule has 0 fully saturated rings. The molecular formula is C24H24N2O3. The number of hydrogen-bond acceptors (Lipinski definition) is 3. The molecule has 0 heterocycles. The van der Waals surface area contributed by atoms with Crippen molar-refractivity contribution in [2.24, 2.45) is 0 Å². The van der Waals surface area contributed by atoms with Crippen molar-refractivity contribution >= 4 is 17.5 Å². The highest BCUT2D eigenvalue weighted by Crippen LogP contribution is 2.13. The van der Waals surface area contributed by atoms with Gasteiger partial charge in [-0.05, 0) is 73.0 Å². The van der Waals surface area contributed by atoms with E-state index in [-0.39, 0.29) is 11.8 Å². The Hall–Kier alpha value is -3.60. The Morgan fingerprint density at radius 2 is 1.52 bits per heavy atom. The minimum atomic E-state index is -0.206. The minimum Gasteiger partial charge on any atom is -0.497 e. The second-order valence-corrected chi connectivity index (χ2v) is 6.75. The van der Waals surface area contributed by atoms with Crippen LogP contribution in [0.4, 0.5) is 5.69 Å². The summed E-state index contributed by atoms with van der Waals surface area (Å²) >= 11 is 0. The van der Waals surface area contributed by atoms with Gasteiger partial charge in [-0.25, -0.2) is 0 Å². The molecule has 0 aliphatic rings. The summed E-state index contributed by atoms with van der Waals surface area (Å²) in [5.41, 5.74) is 3.96. The lowest BCUT2D eigenvalue weighted by Gasteiger charge is -2.08. The van der Waals surface area contributed by atoms with Crippen LogP contribution in [0, 0.1) is 6.92 Å². The van der Waals surface area contributed by atoms with Gasteiger partial charge in [-0.1, -0.05) is 24.3 Å². The molecule has 0 radical (unpaired) electrons. The van der Waals surface area contributed by atoms with E-state index >= 15 is 0 Å². The van der Waals surface area contributed by atoms with Gasteiger partial charge in [0.15, 0.2) is 0 Å². The summed E-state index contributed by atoms with van der Waals surface area (Å²) in [6, 6.07) is 22.0. The van der Waals surface area contributed by atoms with Gasteiger partial charge < -0.3 is 15.4 Å². The minimum absolute atomic E-state index is 0.163. The first-order valence-corrected chi connectivity index (χ1v) is 9.44. The summed E-state index contributed by atoms with van der Waals surface area (Å²) in [5, 5.41) is 5.76. The van der Waals surface area contributed by atoms with Crippen LogP contribution in [0.25, 0.3) is 0 Å². The lowest BCUT2D eigenvalue weighted by Crippen LogP contribution is -2.25. The summed E-state index contributed by atoms with van der Waals surface area (Å²) < 4.78 is 5.14. The van der Waals surface area contributed by atoms with Crippen LogP contribution < -0.4 is 15.4 Å². The Bertz CT molecular complexity index is 980. The molecule has 3 rings (SSSR count). The molecule has 0 unspecified atom stereocenters. The number of anilines is 1. The number of rotatable bonds is 7. The lowest BCUT2D eigenvalue weighted by molar-refractivity contribution is 0.0952. The first-order valence-electron chi connectivity index (χ1n) is 9.44. The fourth-order valence-corrected chi connectivity index (χ4v) is 2.91. The molecule has 0 aliphatic carbocycles. The fraction of sp³-hybridized carbons (Fsp3) is 0.167. The van der Waals surface area contributed by atoms with Crippen molar-refractivity contribution in [2.45, 2.75) is 13.3 Å². The molecule has 29 heavy (non-hydrogen) atoms. The quantitative estimate of drug-likeness (QED) is 0.637. The molecule has 0 saturated heterocycles. The van der Waals surface area contributed by atoms with Crippen LogP contribution in [-0.4, -0.2) is 25.5 Å². The van der Waals surface area contributed by atoms with Gasteiger partial charge in [0.1, 0.15) is 5.75 Å². The second-order valence-electron chi connectivity index (χ2n) is 6.75. The lowest BCUT2D eigenvalue weighted by atomic mass is 10.1. The van der Waals surface area contributed by atoms with E-state index in [4.69, 9.17) is 4.74 Å². The molecule has 5 heteroatoms. The number of nitrogens with one attached hydrogen (secondary N) is 2. The van der Waals surface area contributed by atoms with E-state index in [1.165, 1.54) is 0 Å². The second kappa shape index (κ2) is 9.55. The molecule has 0 atom stereocenters. The number of amides is 2. The third-order valence-corrected chi connectivity index (χ3v) is 4.54. The van der Waals surface area contributed by atoms with Gasteiger partial charge >= 0.3 is 0 Å². The van der Waals surface area contributed by atoms with Crippen molar-refractivity contribution in [3.8, 4) is 5.75 Å². The highest BCUT2D eigenvalue weighted by molar-refractivity contribution is 6.05. The van der Waals surface area contributed by atoms with Crippen molar-refractivity contribution in [1.82, 2.24) is 5.32 Å². The third-order valence-electron chi connectivity index (χ3n) is 4.54. The normalized spacial score (nSPS) is 10.3. The van der Waals surface area contributed by atoms with Gasteiger partial charge in [-0.3, -0.25) is 9.59 Å². The zero-order valence-electron chi connectivity index (χ0n) is 16.6. The van der Waals surface area contributed by atoms with E-state index in [2.05, 4.69) is 10.6 Å². The summed E-state index contributed by atoms with van der Waals surface area (Å²) in [5.74, 6) is 0.440. The van der Waals surface area contributed by atoms with Crippen LogP contribution in [0.5, 0.6) is 5.75 Å². The molecule has 0 spiro atoms. The highest BCUT2D eigenvalue weighted by Gasteiger charge is 2.09. The zero-order valence-corrected chi connectivity index (χ0v) is 16.6. The number of ether oxygens (including phenoxy) is 1. The molecular weight excluding hydrogens is 364 g/mol. The Balaban J connectivity index is 1.51. The van der Waals surface area contributed by atoms with Gasteiger partial charge in [0.05, 0.1) is 7.11 Å². The molecule has 5 nitrogen and oxygen atoms in total. The summed E-state index contributed by atoms with van der Waals surface area (Å²) in [4.78, 5) is 24.7. The van der Waals surface area contributed by atoms with Gasteiger partial charge in [0.25, 0.3) is 11.8 Å². The van der Waals surface area contributed by atoms with E-state index in [0.29, 0.717) is 17.7 Å². The number of hydrogen-bond donors (Lipinski definition) is 2. The summed E-state index contributed by atoms with van der Waals surface area (Å²) in [7, 11) is 1.63. The average molecular weight is 388 g/mol. The van der Waals surface area contributed by atoms with Crippen LogP contribution in [0.1, 0.15) is 31.8 Å². The van der Waals surface area contributed by atoms with Crippen LogP contribution in [-0.2, 0) is 6.42 Å². The smallest absolute Gasteiger partial charge is 0.255 e. The standard InChI is InChI=1S/C24H24N2O3/c1-17-4-3-5-21(16-17)26-24(28)20-10-8-19(9-11-20)23(27)25-15-14-18-6-12-22(29-2)13-7-18/h3-13,16H,14-15H2,1-2H3,(H,25,27)(H,26,28). The zero-order chi connectivity index (χ0) is 20.6. The molecule has 0 aliphatic heterocycles. The van der Waals surface area contributed by atoms with E-state index < -0.39 is 0 Å². The molecule has 2 N–H and O–H groups in total. The summed E-state index contributed by atoms with van der Waals surface area (Å²) in [6.07, 6.45) is 0.729. The molecule has 0 aromatic heterocycles. The topological polar surface area (TPSA) is 67.4 Å². The largest absolute Gasteiger partial charge is 0.497 e. The Labute approximate surface area is 170 Å². The van der Waals surface area contributed by atoms with Crippen LogP contribution in [0.3, 0.4) is 0 Å². The highest BCUT2D eigenvalue weighted by atomic mass is 16.5. The van der Waals surface area contributed by atoms with Crippen molar-refractivity contribution in [3.05, 3.63) is 95.1 Å². The van der Waals surface area contributed by atoms with Crippen molar-refractivity contribution in [2.75, 3.05) is 19.0 Å². The molecule has 0 saturated carbocycles. The first kappa shape index (κ1) is 20.1. The predicted molar refractivity (Wildman–Crippen MR) is 115 cm³/mol. The molecule has 3 aromatic rings. The Morgan fingerprint density at radius 3 is 2.14 bits per heavy atom. The van der Waals surface area contributed by atoms with Crippen molar-refractivity contribution in [3.63, 3.8) is 0 Å². The van der Waals surface area contributed by atoms with E-state index in [1.807, 2.05) is 55.5 Å².